The first-order valence-electron chi connectivity index (χ1n) is 6.48. The Kier molecular flexibility index (Phi) is 3.76. The van der Waals surface area contributed by atoms with E-state index in [1.165, 1.54) is 5.56 Å². The van der Waals surface area contributed by atoms with E-state index < -0.39 is 5.79 Å². The SMILES string of the molecule is COC(OC)(c1ccc(C)cc1)C1CN1C(C)C. The molecule has 1 saturated heterocycles. The van der Waals surface area contributed by atoms with Crippen molar-refractivity contribution in [2.45, 2.75) is 38.6 Å². The van der Waals surface area contributed by atoms with Crippen LogP contribution in [0.15, 0.2) is 24.3 Å². The van der Waals surface area contributed by atoms with Gasteiger partial charge in [0, 0.05) is 32.4 Å². The topological polar surface area (TPSA) is 21.5 Å². The van der Waals surface area contributed by atoms with Crippen LogP contribution in [0.2, 0.25) is 0 Å². The first-order valence-corrected chi connectivity index (χ1v) is 6.48. The number of ether oxygens (including phenoxy) is 2. The van der Waals surface area contributed by atoms with Gasteiger partial charge < -0.3 is 9.47 Å². The summed E-state index contributed by atoms with van der Waals surface area (Å²) in [6.07, 6.45) is 0. The lowest BCUT2D eigenvalue weighted by Gasteiger charge is -2.32. The molecule has 2 rings (SSSR count). The van der Waals surface area contributed by atoms with Crippen LogP contribution < -0.4 is 0 Å². The Labute approximate surface area is 110 Å². The summed E-state index contributed by atoms with van der Waals surface area (Å²) >= 11 is 0. The second-order valence-electron chi connectivity index (χ2n) is 5.25. The molecule has 2 unspecified atom stereocenters. The summed E-state index contributed by atoms with van der Waals surface area (Å²) in [6.45, 7) is 7.51. The summed E-state index contributed by atoms with van der Waals surface area (Å²) in [4.78, 5) is 2.38. The third kappa shape index (κ3) is 2.18. The average molecular weight is 249 g/mol. The molecule has 0 aromatic heterocycles. The molecule has 0 saturated carbocycles. The smallest absolute Gasteiger partial charge is 0.211 e. The minimum absolute atomic E-state index is 0.301. The lowest BCUT2D eigenvalue weighted by molar-refractivity contribution is -0.221. The van der Waals surface area contributed by atoms with E-state index in [2.05, 4.69) is 49.9 Å². The van der Waals surface area contributed by atoms with Gasteiger partial charge in [-0.2, -0.15) is 0 Å². The van der Waals surface area contributed by atoms with Gasteiger partial charge in [-0.3, -0.25) is 4.90 Å². The number of nitrogens with zero attached hydrogens (tertiary/aromatic N) is 1. The van der Waals surface area contributed by atoms with Crippen molar-refractivity contribution in [3.05, 3.63) is 35.4 Å². The molecule has 100 valence electrons. The summed E-state index contributed by atoms with van der Waals surface area (Å²) in [7, 11) is 3.44. The standard InChI is InChI=1S/C15H23NO2/c1-11(2)16-10-14(16)15(17-4,18-5)13-8-6-12(3)7-9-13/h6-9,11,14H,10H2,1-5H3. The van der Waals surface area contributed by atoms with Gasteiger partial charge >= 0.3 is 0 Å². The first kappa shape index (κ1) is 13.5. The summed E-state index contributed by atoms with van der Waals surface area (Å²) in [5.41, 5.74) is 2.34. The number of rotatable bonds is 5. The normalized spacial score (nSPS) is 23.4. The average Bonchev–Trinajstić information content (AvgIpc) is 3.14. The molecule has 0 radical (unpaired) electrons. The van der Waals surface area contributed by atoms with E-state index in [1.54, 1.807) is 14.2 Å². The highest BCUT2D eigenvalue weighted by Crippen LogP contribution is 2.41. The van der Waals surface area contributed by atoms with Crippen LogP contribution in [0.25, 0.3) is 0 Å². The van der Waals surface area contributed by atoms with Crippen molar-refractivity contribution >= 4 is 0 Å². The van der Waals surface area contributed by atoms with Crippen molar-refractivity contribution in [2.24, 2.45) is 0 Å². The maximum Gasteiger partial charge on any atom is 0.211 e. The van der Waals surface area contributed by atoms with Crippen molar-refractivity contribution in [2.75, 3.05) is 20.8 Å². The van der Waals surface area contributed by atoms with Gasteiger partial charge in [0.05, 0.1) is 6.04 Å². The molecule has 3 nitrogen and oxygen atoms in total. The molecule has 0 bridgehead atoms. The number of methoxy groups -OCH3 is 2. The Bertz CT molecular complexity index is 395. The summed E-state index contributed by atoms with van der Waals surface area (Å²) in [6, 6.07) is 9.22. The van der Waals surface area contributed by atoms with Crippen molar-refractivity contribution < 1.29 is 9.47 Å². The van der Waals surface area contributed by atoms with Gasteiger partial charge in [0.1, 0.15) is 0 Å². The maximum absolute atomic E-state index is 5.75. The van der Waals surface area contributed by atoms with E-state index in [0.717, 1.165) is 12.1 Å². The molecule has 2 atom stereocenters. The van der Waals surface area contributed by atoms with E-state index >= 15 is 0 Å². The molecular weight excluding hydrogens is 226 g/mol. The Morgan fingerprint density at radius 3 is 2.11 bits per heavy atom. The molecule has 1 heterocycles. The largest absolute Gasteiger partial charge is 0.348 e. The minimum Gasteiger partial charge on any atom is -0.348 e. The van der Waals surface area contributed by atoms with Gasteiger partial charge in [0.15, 0.2) is 0 Å². The van der Waals surface area contributed by atoms with Crippen molar-refractivity contribution in [3.63, 3.8) is 0 Å². The molecule has 18 heavy (non-hydrogen) atoms. The van der Waals surface area contributed by atoms with E-state index in [1.807, 2.05) is 0 Å². The number of benzene rings is 1. The van der Waals surface area contributed by atoms with Crippen molar-refractivity contribution in [1.29, 1.82) is 0 Å². The van der Waals surface area contributed by atoms with E-state index in [4.69, 9.17) is 9.47 Å². The second kappa shape index (κ2) is 5.00. The first-order chi connectivity index (χ1) is 8.55. The Hall–Kier alpha value is -0.900. The predicted molar refractivity (Wildman–Crippen MR) is 72.5 cm³/mol. The van der Waals surface area contributed by atoms with E-state index in [0.29, 0.717) is 12.1 Å². The molecule has 1 aliphatic heterocycles. The fourth-order valence-electron chi connectivity index (χ4n) is 2.63. The molecule has 0 N–H and O–H groups in total. The zero-order chi connectivity index (χ0) is 13.3. The van der Waals surface area contributed by atoms with Gasteiger partial charge in [0.2, 0.25) is 5.79 Å². The second-order valence-corrected chi connectivity index (χ2v) is 5.25. The van der Waals surface area contributed by atoms with Crippen LogP contribution in [0.5, 0.6) is 0 Å². The number of aryl methyl sites for hydroxylation is 1. The van der Waals surface area contributed by atoms with Crippen LogP contribution in [0.1, 0.15) is 25.0 Å². The molecule has 0 spiro atoms. The molecule has 1 fully saturated rings. The summed E-state index contributed by atoms with van der Waals surface area (Å²) in [5.74, 6) is -0.641. The molecule has 1 aliphatic rings. The van der Waals surface area contributed by atoms with Gasteiger partial charge in [-0.25, -0.2) is 0 Å². The van der Waals surface area contributed by atoms with Crippen LogP contribution in [0.4, 0.5) is 0 Å². The molecule has 0 aliphatic carbocycles. The van der Waals surface area contributed by atoms with Gasteiger partial charge in [-0.15, -0.1) is 0 Å². The highest BCUT2D eigenvalue weighted by Gasteiger charge is 2.54. The number of hydrogen-bond donors (Lipinski definition) is 0. The highest BCUT2D eigenvalue weighted by molar-refractivity contribution is 5.28. The monoisotopic (exact) mass is 249 g/mol. The van der Waals surface area contributed by atoms with Gasteiger partial charge in [-0.05, 0) is 20.8 Å². The van der Waals surface area contributed by atoms with Crippen LogP contribution in [-0.2, 0) is 15.3 Å². The molecule has 0 amide bonds. The fourth-order valence-corrected chi connectivity index (χ4v) is 2.63. The van der Waals surface area contributed by atoms with Crippen LogP contribution >= 0.6 is 0 Å². The van der Waals surface area contributed by atoms with Crippen LogP contribution in [0, 0.1) is 6.92 Å². The van der Waals surface area contributed by atoms with Gasteiger partial charge in [-0.1, -0.05) is 29.8 Å². The van der Waals surface area contributed by atoms with Crippen molar-refractivity contribution in [1.82, 2.24) is 4.90 Å². The number of hydrogen-bond acceptors (Lipinski definition) is 3. The molecule has 1 aromatic rings. The lowest BCUT2D eigenvalue weighted by Crippen LogP contribution is -2.39. The van der Waals surface area contributed by atoms with E-state index in [-0.39, 0.29) is 0 Å². The third-order valence-corrected chi connectivity index (χ3v) is 3.81. The van der Waals surface area contributed by atoms with E-state index in [9.17, 15) is 0 Å². The Balaban J connectivity index is 2.30. The molecular formula is C15H23NO2. The lowest BCUT2D eigenvalue weighted by atomic mass is 10.0. The highest BCUT2D eigenvalue weighted by atomic mass is 16.7. The molecule has 3 heteroatoms. The zero-order valence-electron chi connectivity index (χ0n) is 11.9. The zero-order valence-corrected chi connectivity index (χ0v) is 11.9. The molecule has 1 aromatic carbocycles. The van der Waals surface area contributed by atoms with Gasteiger partial charge in [0.25, 0.3) is 0 Å². The summed E-state index contributed by atoms with van der Waals surface area (Å²) in [5, 5.41) is 0. The fraction of sp³-hybridized carbons (Fsp3) is 0.600. The Morgan fingerprint density at radius 1 is 1.17 bits per heavy atom. The summed E-state index contributed by atoms with van der Waals surface area (Å²) < 4.78 is 11.5. The predicted octanol–water partition coefficient (Wildman–Crippen LogP) is 2.53. The minimum atomic E-state index is -0.641. The Morgan fingerprint density at radius 2 is 1.72 bits per heavy atom. The quantitative estimate of drug-likeness (QED) is 0.591. The van der Waals surface area contributed by atoms with Crippen LogP contribution in [-0.4, -0.2) is 37.7 Å². The third-order valence-electron chi connectivity index (χ3n) is 3.81. The maximum atomic E-state index is 5.75. The van der Waals surface area contributed by atoms with Crippen LogP contribution in [0.3, 0.4) is 0 Å². The van der Waals surface area contributed by atoms with Crippen molar-refractivity contribution in [3.8, 4) is 0 Å².